The number of carbonyl (C=O) groups is 2. The lowest BCUT2D eigenvalue weighted by Crippen LogP contribution is -2.39. The minimum absolute atomic E-state index is 0.0962. The van der Waals surface area contributed by atoms with E-state index in [9.17, 15) is 9.59 Å². The zero-order valence-electron chi connectivity index (χ0n) is 12.2. The number of hydrogen-bond acceptors (Lipinski definition) is 4. The first-order chi connectivity index (χ1) is 10.1. The van der Waals surface area contributed by atoms with Crippen molar-refractivity contribution in [3.63, 3.8) is 0 Å². The molecular weight excluding hydrogens is 270 g/mol. The number of esters is 1. The van der Waals surface area contributed by atoms with E-state index >= 15 is 0 Å². The van der Waals surface area contributed by atoms with E-state index in [1.165, 1.54) is 0 Å². The summed E-state index contributed by atoms with van der Waals surface area (Å²) in [5, 5.41) is 6.12. The molecule has 3 N–H and O–H groups in total. The number of cyclic esters (lactones) is 1. The van der Waals surface area contributed by atoms with Crippen LogP contribution in [-0.2, 0) is 9.53 Å². The third kappa shape index (κ3) is 2.68. The number of amides is 1. The fourth-order valence-electron chi connectivity index (χ4n) is 3.25. The summed E-state index contributed by atoms with van der Waals surface area (Å²) in [6.45, 7) is 3.98. The first kappa shape index (κ1) is 14.1. The fraction of sp³-hybridized carbons (Fsp3) is 0.600. The van der Waals surface area contributed by atoms with Gasteiger partial charge in [-0.15, -0.1) is 0 Å². The Balaban J connectivity index is 1.56. The SMILES string of the molecule is Cc1c[nH]cc1C(=O)NCC1CC2(CCNCC2)C(=O)O1. The van der Waals surface area contributed by atoms with Gasteiger partial charge in [0, 0.05) is 18.8 Å². The van der Waals surface area contributed by atoms with Gasteiger partial charge in [-0.25, -0.2) is 0 Å². The van der Waals surface area contributed by atoms with Crippen molar-refractivity contribution in [3.05, 3.63) is 23.5 Å². The highest BCUT2D eigenvalue weighted by Gasteiger charge is 2.49. The third-order valence-electron chi connectivity index (χ3n) is 4.57. The maximum Gasteiger partial charge on any atom is 0.312 e. The number of aromatic nitrogens is 1. The van der Waals surface area contributed by atoms with Crippen molar-refractivity contribution in [2.24, 2.45) is 5.41 Å². The Morgan fingerprint density at radius 1 is 1.43 bits per heavy atom. The van der Waals surface area contributed by atoms with E-state index in [2.05, 4.69) is 15.6 Å². The molecule has 3 heterocycles. The topological polar surface area (TPSA) is 83.2 Å². The maximum absolute atomic E-state index is 12.1. The predicted molar refractivity (Wildman–Crippen MR) is 76.9 cm³/mol. The van der Waals surface area contributed by atoms with Crippen LogP contribution in [0, 0.1) is 12.3 Å². The van der Waals surface area contributed by atoms with Gasteiger partial charge in [0.2, 0.25) is 0 Å². The van der Waals surface area contributed by atoms with Gasteiger partial charge in [0.05, 0.1) is 17.5 Å². The van der Waals surface area contributed by atoms with Crippen LogP contribution in [0.5, 0.6) is 0 Å². The second kappa shape index (κ2) is 5.52. The van der Waals surface area contributed by atoms with E-state index in [0.717, 1.165) is 31.5 Å². The summed E-state index contributed by atoms with van der Waals surface area (Å²) >= 11 is 0. The summed E-state index contributed by atoms with van der Waals surface area (Å²) in [6.07, 6.45) is 5.62. The molecule has 0 aliphatic carbocycles. The summed E-state index contributed by atoms with van der Waals surface area (Å²) in [5.74, 6) is -0.225. The molecule has 0 saturated carbocycles. The number of hydrogen-bond donors (Lipinski definition) is 3. The van der Waals surface area contributed by atoms with Gasteiger partial charge in [-0.3, -0.25) is 9.59 Å². The Hall–Kier alpha value is -1.82. The largest absolute Gasteiger partial charge is 0.460 e. The highest BCUT2D eigenvalue weighted by Crippen LogP contribution is 2.41. The maximum atomic E-state index is 12.1. The minimum atomic E-state index is -0.329. The first-order valence-electron chi connectivity index (χ1n) is 7.44. The molecule has 114 valence electrons. The molecule has 21 heavy (non-hydrogen) atoms. The molecular formula is C15H21N3O3. The summed E-state index contributed by atoms with van der Waals surface area (Å²) in [5.41, 5.74) is 1.21. The third-order valence-corrected chi connectivity index (χ3v) is 4.57. The van der Waals surface area contributed by atoms with Gasteiger partial charge < -0.3 is 20.4 Å². The molecule has 0 radical (unpaired) electrons. The highest BCUT2D eigenvalue weighted by atomic mass is 16.6. The minimum Gasteiger partial charge on any atom is -0.460 e. The van der Waals surface area contributed by atoms with Gasteiger partial charge in [0.1, 0.15) is 6.10 Å². The van der Waals surface area contributed by atoms with Crippen LogP contribution in [0.15, 0.2) is 12.4 Å². The van der Waals surface area contributed by atoms with Gasteiger partial charge in [-0.2, -0.15) is 0 Å². The molecule has 2 saturated heterocycles. The van der Waals surface area contributed by atoms with Crippen molar-refractivity contribution in [1.29, 1.82) is 0 Å². The number of nitrogens with one attached hydrogen (secondary N) is 3. The average Bonchev–Trinajstić information content (AvgIpc) is 3.02. The summed E-state index contributed by atoms with van der Waals surface area (Å²) in [7, 11) is 0. The summed E-state index contributed by atoms with van der Waals surface area (Å²) in [6, 6.07) is 0. The quantitative estimate of drug-likeness (QED) is 0.717. The molecule has 2 aliphatic rings. The van der Waals surface area contributed by atoms with E-state index in [4.69, 9.17) is 4.74 Å². The van der Waals surface area contributed by atoms with Crippen molar-refractivity contribution in [2.45, 2.75) is 32.3 Å². The zero-order valence-corrected chi connectivity index (χ0v) is 12.2. The lowest BCUT2D eigenvalue weighted by Gasteiger charge is -2.29. The average molecular weight is 291 g/mol. The Kier molecular flexibility index (Phi) is 3.71. The molecule has 2 aliphatic heterocycles. The van der Waals surface area contributed by atoms with Crippen LogP contribution < -0.4 is 10.6 Å². The van der Waals surface area contributed by atoms with Crippen molar-refractivity contribution in [2.75, 3.05) is 19.6 Å². The molecule has 6 heteroatoms. The van der Waals surface area contributed by atoms with Gasteiger partial charge in [0.25, 0.3) is 5.91 Å². The first-order valence-corrected chi connectivity index (χ1v) is 7.44. The number of rotatable bonds is 3. The smallest absolute Gasteiger partial charge is 0.312 e. The Morgan fingerprint density at radius 3 is 2.86 bits per heavy atom. The molecule has 1 aromatic heterocycles. The van der Waals surface area contributed by atoms with Crippen LogP contribution in [0.1, 0.15) is 35.2 Å². The molecule has 0 aromatic carbocycles. The molecule has 3 rings (SSSR count). The lowest BCUT2D eigenvalue weighted by atomic mass is 9.76. The highest BCUT2D eigenvalue weighted by molar-refractivity contribution is 5.95. The zero-order chi connectivity index (χ0) is 14.9. The standard InChI is InChI=1S/C15H21N3O3/c1-10-7-17-9-12(10)13(19)18-8-11-6-15(14(20)21-11)2-4-16-5-3-15/h7,9,11,16-17H,2-6,8H2,1H3,(H,18,19). The fourth-order valence-corrected chi connectivity index (χ4v) is 3.25. The Morgan fingerprint density at radius 2 is 2.19 bits per heavy atom. The van der Waals surface area contributed by atoms with E-state index in [1.54, 1.807) is 12.4 Å². The number of aromatic amines is 1. The number of carbonyl (C=O) groups excluding carboxylic acids is 2. The number of H-pyrrole nitrogens is 1. The molecule has 1 unspecified atom stereocenters. The second-order valence-electron chi connectivity index (χ2n) is 6.02. The second-order valence-corrected chi connectivity index (χ2v) is 6.02. The van der Waals surface area contributed by atoms with E-state index in [1.807, 2.05) is 6.92 Å². The normalized spacial score (nSPS) is 24.0. The van der Waals surface area contributed by atoms with E-state index < -0.39 is 0 Å². The van der Waals surface area contributed by atoms with Crippen molar-refractivity contribution < 1.29 is 14.3 Å². The summed E-state index contributed by atoms with van der Waals surface area (Å²) < 4.78 is 5.46. The molecule has 0 bridgehead atoms. The lowest BCUT2D eigenvalue weighted by molar-refractivity contribution is -0.149. The van der Waals surface area contributed by atoms with Crippen molar-refractivity contribution in [1.82, 2.24) is 15.6 Å². The monoisotopic (exact) mass is 291 g/mol. The molecule has 1 amide bonds. The van der Waals surface area contributed by atoms with Crippen LogP contribution in [0.2, 0.25) is 0 Å². The molecule has 1 atom stereocenters. The van der Waals surface area contributed by atoms with Gasteiger partial charge in [-0.05, 0) is 38.4 Å². The number of piperidine rings is 1. The molecule has 1 aromatic rings. The van der Waals surface area contributed by atoms with Gasteiger partial charge >= 0.3 is 5.97 Å². The van der Waals surface area contributed by atoms with Crippen LogP contribution in [0.25, 0.3) is 0 Å². The van der Waals surface area contributed by atoms with Gasteiger partial charge in [0.15, 0.2) is 0 Å². The Labute approximate surface area is 123 Å². The Bertz CT molecular complexity index is 546. The predicted octanol–water partition coefficient (Wildman–Crippen LogP) is 0.738. The van der Waals surface area contributed by atoms with Gasteiger partial charge in [-0.1, -0.05) is 0 Å². The van der Waals surface area contributed by atoms with Crippen LogP contribution >= 0.6 is 0 Å². The summed E-state index contributed by atoms with van der Waals surface area (Å²) in [4.78, 5) is 27.1. The van der Waals surface area contributed by atoms with Crippen molar-refractivity contribution >= 4 is 11.9 Å². The van der Waals surface area contributed by atoms with E-state index in [-0.39, 0.29) is 23.4 Å². The molecule has 1 spiro atoms. The van der Waals surface area contributed by atoms with E-state index in [0.29, 0.717) is 18.5 Å². The van der Waals surface area contributed by atoms with Crippen LogP contribution in [-0.4, -0.2) is 42.6 Å². The molecule has 2 fully saturated rings. The number of aryl methyl sites for hydroxylation is 1. The van der Waals surface area contributed by atoms with Crippen molar-refractivity contribution in [3.8, 4) is 0 Å². The number of ether oxygens (including phenoxy) is 1. The molecule has 6 nitrogen and oxygen atoms in total. The van der Waals surface area contributed by atoms with Crippen LogP contribution in [0.3, 0.4) is 0 Å². The van der Waals surface area contributed by atoms with Crippen LogP contribution in [0.4, 0.5) is 0 Å².